The number of piperidine rings is 1. The van der Waals surface area contributed by atoms with Crippen LogP contribution in [-0.4, -0.2) is 103 Å². The number of esters is 1. The van der Waals surface area contributed by atoms with Crippen molar-refractivity contribution in [1.82, 2.24) is 15.1 Å². The first-order valence-corrected chi connectivity index (χ1v) is 15.6. The summed E-state index contributed by atoms with van der Waals surface area (Å²) in [4.78, 5) is 69.2. The number of nitrogens with one attached hydrogen (secondary N) is 1. The second-order valence-corrected chi connectivity index (χ2v) is 12.2. The first kappa shape index (κ1) is 35.6. The smallest absolute Gasteiger partial charge is 0.412 e. The molecule has 13 nitrogen and oxygen atoms in total. The van der Waals surface area contributed by atoms with Gasteiger partial charge in [0.2, 0.25) is 17.8 Å². The highest BCUT2D eigenvalue weighted by Crippen LogP contribution is 2.39. The third kappa shape index (κ3) is 8.65. The molecule has 13 heteroatoms. The van der Waals surface area contributed by atoms with Crippen LogP contribution >= 0.6 is 0 Å². The molecule has 0 bridgehead atoms. The molecule has 1 aromatic carbocycles. The first-order valence-electron chi connectivity index (χ1n) is 15.6. The number of likely N-dealkylation sites (tertiary alicyclic amines) is 1. The van der Waals surface area contributed by atoms with Gasteiger partial charge in [-0.25, -0.2) is 4.79 Å². The number of carbonyl (C=O) groups is 5. The maximum Gasteiger partial charge on any atom is 0.412 e. The van der Waals surface area contributed by atoms with E-state index in [9.17, 15) is 24.0 Å². The minimum atomic E-state index is -1.28. The molecule has 2 aliphatic heterocycles. The van der Waals surface area contributed by atoms with Crippen LogP contribution in [0.5, 0.6) is 5.75 Å². The van der Waals surface area contributed by atoms with Gasteiger partial charge in [0.05, 0.1) is 24.3 Å². The molecule has 250 valence electrons. The van der Waals surface area contributed by atoms with Gasteiger partial charge in [0, 0.05) is 58.2 Å². The van der Waals surface area contributed by atoms with Crippen molar-refractivity contribution in [2.75, 3.05) is 44.8 Å². The van der Waals surface area contributed by atoms with E-state index in [1.54, 1.807) is 50.8 Å². The summed E-state index contributed by atoms with van der Waals surface area (Å²) in [7, 11) is 1.49. The van der Waals surface area contributed by atoms with E-state index in [1.165, 1.54) is 23.8 Å². The molecule has 1 fully saturated rings. The van der Waals surface area contributed by atoms with Crippen LogP contribution in [0.1, 0.15) is 78.1 Å². The topological polar surface area (TPSA) is 144 Å². The summed E-state index contributed by atoms with van der Waals surface area (Å²) in [6.07, 6.45) is -0.0105. The molecule has 3 atom stereocenters. The molecule has 4 amide bonds. The average molecular weight is 633 g/mol. The van der Waals surface area contributed by atoms with Gasteiger partial charge in [-0.2, -0.15) is 0 Å². The SMILES string of the molecule is CCC(=O)NCCN1C(=O)[C@](C)(COC)Oc2ccc(C(=O)N(C(C)C)[C@@H]3CCCN(C(=O)OC(C)OC(=O)C(C)C)C3)cc21. The van der Waals surface area contributed by atoms with Crippen molar-refractivity contribution in [2.24, 2.45) is 5.92 Å². The molecule has 0 radical (unpaired) electrons. The van der Waals surface area contributed by atoms with Gasteiger partial charge in [0.25, 0.3) is 11.8 Å². The Kier molecular flexibility index (Phi) is 12.2. The van der Waals surface area contributed by atoms with E-state index in [0.717, 1.165) is 0 Å². The van der Waals surface area contributed by atoms with Gasteiger partial charge < -0.3 is 39.0 Å². The molecule has 2 aliphatic rings. The lowest BCUT2D eigenvalue weighted by molar-refractivity contribution is -0.170. The molecule has 0 spiro atoms. The van der Waals surface area contributed by atoms with Gasteiger partial charge in [-0.1, -0.05) is 20.8 Å². The van der Waals surface area contributed by atoms with E-state index in [2.05, 4.69) is 5.32 Å². The normalized spacial score (nSPS) is 20.3. The van der Waals surface area contributed by atoms with E-state index in [4.69, 9.17) is 18.9 Å². The molecule has 0 aliphatic carbocycles. The van der Waals surface area contributed by atoms with E-state index in [1.807, 2.05) is 13.8 Å². The minimum Gasteiger partial charge on any atom is -0.473 e. The van der Waals surface area contributed by atoms with Crippen LogP contribution in [-0.2, 0) is 28.6 Å². The summed E-state index contributed by atoms with van der Waals surface area (Å²) in [5.41, 5.74) is -0.505. The average Bonchev–Trinajstić information content (AvgIpc) is 2.98. The monoisotopic (exact) mass is 632 g/mol. The number of anilines is 1. The number of fused-ring (bicyclic) bond motifs is 1. The molecule has 0 aromatic heterocycles. The molecular weight excluding hydrogens is 584 g/mol. The van der Waals surface area contributed by atoms with Crippen molar-refractivity contribution in [2.45, 2.75) is 91.7 Å². The zero-order valence-electron chi connectivity index (χ0n) is 27.7. The van der Waals surface area contributed by atoms with Crippen molar-refractivity contribution in [3.63, 3.8) is 0 Å². The summed E-state index contributed by atoms with van der Waals surface area (Å²) in [6.45, 7) is 13.2. The minimum absolute atomic E-state index is 0.0183. The Labute approximate surface area is 265 Å². The summed E-state index contributed by atoms with van der Waals surface area (Å²) in [6, 6.07) is 4.47. The zero-order chi connectivity index (χ0) is 33.5. The van der Waals surface area contributed by atoms with Gasteiger partial charge in [0.1, 0.15) is 5.75 Å². The second kappa shape index (κ2) is 15.4. The fourth-order valence-electron chi connectivity index (χ4n) is 5.51. The van der Waals surface area contributed by atoms with Crippen molar-refractivity contribution in [1.29, 1.82) is 0 Å². The quantitative estimate of drug-likeness (QED) is 0.271. The molecule has 45 heavy (non-hydrogen) atoms. The van der Waals surface area contributed by atoms with Crippen molar-refractivity contribution in [3.05, 3.63) is 23.8 Å². The Balaban J connectivity index is 1.83. The Hall–Kier alpha value is -3.87. The summed E-state index contributed by atoms with van der Waals surface area (Å²) >= 11 is 0. The molecule has 1 saturated heterocycles. The number of nitrogens with zero attached hydrogens (tertiary/aromatic N) is 3. The number of methoxy groups -OCH3 is 1. The predicted molar refractivity (Wildman–Crippen MR) is 166 cm³/mol. The summed E-state index contributed by atoms with van der Waals surface area (Å²) in [5.74, 6) is -1.14. The highest BCUT2D eigenvalue weighted by Gasteiger charge is 2.45. The molecule has 1 N–H and O–H groups in total. The number of benzene rings is 1. The van der Waals surface area contributed by atoms with Crippen molar-refractivity contribution < 1.29 is 42.9 Å². The first-order chi connectivity index (χ1) is 21.2. The van der Waals surface area contributed by atoms with Gasteiger partial charge >= 0.3 is 12.1 Å². The highest BCUT2D eigenvalue weighted by atomic mass is 16.7. The lowest BCUT2D eigenvalue weighted by Crippen LogP contribution is -2.58. The summed E-state index contributed by atoms with van der Waals surface area (Å²) in [5, 5.41) is 2.80. The number of amides is 4. The molecule has 0 saturated carbocycles. The van der Waals surface area contributed by atoms with Crippen LogP contribution in [0.4, 0.5) is 10.5 Å². The Morgan fingerprint density at radius 1 is 1.13 bits per heavy atom. The van der Waals surface area contributed by atoms with Crippen LogP contribution in [0, 0.1) is 5.92 Å². The lowest BCUT2D eigenvalue weighted by Gasteiger charge is -2.42. The Morgan fingerprint density at radius 3 is 2.47 bits per heavy atom. The van der Waals surface area contributed by atoms with Crippen molar-refractivity contribution >= 4 is 35.5 Å². The third-order valence-electron chi connectivity index (χ3n) is 7.79. The lowest BCUT2D eigenvalue weighted by atomic mass is 9.99. The number of carbonyl (C=O) groups excluding carboxylic acids is 5. The number of hydrogen-bond acceptors (Lipinski definition) is 9. The molecule has 1 aromatic rings. The van der Waals surface area contributed by atoms with Crippen molar-refractivity contribution in [3.8, 4) is 5.75 Å². The van der Waals surface area contributed by atoms with Crippen LogP contribution in [0.15, 0.2) is 18.2 Å². The molecular formula is C32H48N4O9. The largest absolute Gasteiger partial charge is 0.473 e. The van der Waals surface area contributed by atoms with Gasteiger partial charge in [-0.3, -0.25) is 19.2 Å². The second-order valence-electron chi connectivity index (χ2n) is 12.2. The number of hydrogen-bond donors (Lipinski definition) is 1. The van der Waals surface area contributed by atoms with Gasteiger partial charge in [0.15, 0.2) is 0 Å². The van der Waals surface area contributed by atoms with Crippen LogP contribution in [0.3, 0.4) is 0 Å². The molecule has 2 heterocycles. The maximum absolute atomic E-state index is 14.1. The van der Waals surface area contributed by atoms with E-state index >= 15 is 0 Å². The predicted octanol–water partition coefficient (Wildman–Crippen LogP) is 3.34. The third-order valence-corrected chi connectivity index (χ3v) is 7.79. The standard InChI is InChI=1S/C32H48N4O9/c1-9-27(37)33-14-16-35-25-17-23(12-13-26(25)45-32(7,19-42-8)30(35)40)28(38)36(21(4)5)24-11-10-15-34(18-24)31(41)44-22(6)43-29(39)20(2)3/h12-13,17,20-22,24H,9-11,14-16,18-19H2,1-8H3,(H,33,37)/t22?,24-,32+/m1/s1. The van der Waals surface area contributed by atoms with Gasteiger partial charge in [-0.05, 0) is 51.8 Å². The molecule has 3 rings (SSSR count). The van der Waals surface area contributed by atoms with E-state index < -0.39 is 24.0 Å². The maximum atomic E-state index is 14.1. The number of rotatable bonds is 12. The fraction of sp³-hybridized carbons (Fsp3) is 0.656. The fourth-order valence-corrected chi connectivity index (χ4v) is 5.51. The van der Waals surface area contributed by atoms with Crippen LogP contribution < -0.4 is 15.0 Å². The van der Waals surface area contributed by atoms with E-state index in [-0.39, 0.29) is 62.0 Å². The van der Waals surface area contributed by atoms with Crippen LogP contribution in [0.25, 0.3) is 0 Å². The summed E-state index contributed by atoms with van der Waals surface area (Å²) < 4.78 is 21.9. The highest BCUT2D eigenvalue weighted by molar-refractivity contribution is 6.04. The number of ether oxygens (including phenoxy) is 4. The van der Waals surface area contributed by atoms with Crippen LogP contribution in [0.2, 0.25) is 0 Å². The Morgan fingerprint density at radius 2 is 1.84 bits per heavy atom. The Bertz CT molecular complexity index is 1250. The van der Waals surface area contributed by atoms with Gasteiger partial charge in [-0.15, -0.1) is 0 Å². The van der Waals surface area contributed by atoms with E-state index in [0.29, 0.717) is 42.8 Å². The molecule has 1 unspecified atom stereocenters. The zero-order valence-corrected chi connectivity index (χ0v) is 27.7.